The second-order valence-electron chi connectivity index (χ2n) is 10.6. The number of thiocarbonyl (C=S) groups is 1. The first-order valence-corrected chi connectivity index (χ1v) is 13.7. The van der Waals surface area contributed by atoms with Crippen molar-refractivity contribution in [2.24, 2.45) is 0 Å². The van der Waals surface area contributed by atoms with Gasteiger partial charge in [-0.25, -0.2) is 0 Å². The molecule has 0 saturated carbocycles. The van der Waals surface area contributed by atoms with Crippen LogP contribution in [0.2, 0.25) is 0 Å². The first-order chi connectivity index (χ1) is 18.9. The van der Waals surface area contributed by atoms with E-state index in [0.717, 1.165) is 25.8 Å². The average Bonchev–Trinajstić information content (AvgIpc) is 2.84. The van der Waals surface area contributed by atoms with E-state index in [0.29, 0.717) is 17.6 Å². The summed E-state index contributed by atoms with van der Waals surface area (Å²) in [4.78, 5) is 0. The van der Waals surface area contributed by atoms with Crippen LogP contribution in [0.1, 0.15) is 64.7 Å². The number of quaternary nitrogens is 1. The van der Waals surface area contributed by atoms with Crippen molar-refractivity contribution in [1.29, 1.82) is 0 Å². The van der Waals surface area contributed by atoms with Crippen LogP contribution in [0.15, 0.2) is 0 Å². The van der Waals surface area contributed by atoms with Gasteiger partial charge in [0.25, 0.3) is 0 Å². The number of nitrogens with zero attached hydrogens (tertiary/aromatic N) is 1. The zero-order chi connectivity index (χ0) is 33.1. The first kappa shape index (κ1) is 40.7. The van der Waals surface area contributed by atoms with E-state index in [9.17, 15) is 57.1 Å². The molecule has 0 rings (SSSR count). The van der Waals surface area contributed by atoms with Crippen LogP contribution >= 0.6 is 12.2 Å². The number of halogens is 13. The molecule has 0 heterocycles. The number of nitrogens with one attached hydrogen (secondary N) is 2. The summed E-state index contributed by atoms with van der Waals surface area (Å²) in [5.74, 6) is -36.9. The molecule has 252 valence electrons. The van der Waals surface area contributed by atoms with Crippen molar-refractivity contribution in [2.45, 2.75) is 101 Å². The zero-order valence-electron chi connectivity index (χ0n) is 23.6. The summed E-state index contributed by atoms with van der Waals surface area (Å²) in [6.45, 7) is 1.82. The molecule has 0 aromatic carbocycles. The van der Waals surface area contributed by atoms with E-state index in [1.807, 2.05) is 14.1 Å². The van der Waals surface area contributed by atoms with Crippen LogP contribution in [0.25, 0.3) is 0 Å². The zero-order valence-corrected chi connectivity index (χ0v) is 24.4. The number of likely N-dealkylation sites (N-methyl/N-ethyl adjacent to an activating group) is 1. The van der Waals surface area contributed by atoms with Gasteiger partial charge in [-0.2, -0.15) is 57.1 Å². The van der Waals surface area contributed by atoms with Crippen molar-refractivity contribution in [3.05, 3.63) is 0 Å². The van der Waals surface area contributed by atoms with Crippen LogP contribution < -0.4 is 10.6 Å². The molecule has 0 aliphatic heterocycles. The van der Waals surface area contributed by atoms with E-state index in [-0.39, 0.29) is 5.11 Å². The lowest BCUT2D eigenvalue weighted by Gasteiger charge is -2.39. The predicted molar refractivity (Wildman–Crippen MR) is 134 cm³/mol. The highest BCUT2D eigenvalue weighted by molar-refractivity contribution is 7.80. The topological polar surface area (TPSA) is 33.3 Å². The van der Waals surface area contributed by atoms with Crippen LogP contribution in [0, 0.1) is 0 Å². The van der Waals surface area contributed by atoms with Crippen molar-refractivity contribution in [3.8, 4) is 0 Å². The number of alkyl halides is 13. The molecule has 0 aromatic heterocycles. The fraction of sp³-hybridized carbons (Fsp3) is 0.958. The van der Waals surface area contributed by atoms with E-state index in [2.05, 4.69) is 22.3 Å². The Morgan fingerprint density at radius 2 is 1.12 bits per heavy atom. The lowest BCUT2D eigenvalue weighted by molar-refractivity contribution is -0.889. The highest BCUT2D eigenvalue weighted by atomic mass is 32.1. The van der Waals surface area contributed by atoms with Crippen molar-refractivity contribution >= 4 is 17.3 Å². The molecule has 0 aliphatic carbocycles. The Morgan fingerprint density at radius 3 is 1.62 bits per heavy atom. The molecule has 0 aromatic rings. The molecule has 0 amide bonds. The van der Waals surface area contributed by atoms with Crippen molar-refractivity contribution in [2.75, 3.05) is 47.1 Å². The van der Waals surface area contributed by atoms with Gasteiger partial charge in [0, 0.05) is 6.42 Å². The maximum atomic E-state index is 13.7. The number of unbranched alkanes of at least 4 members (excludes halogenated alkanes) is 7. The SMILES string of the molecule is CCCCCCCCCC[N+](C)(C)CCNC(=S)NCOCCC(F)(F)C(F)(F)C(F)(F)C(F)(F)C(F)(F)C(F)(F)F. The fourth-order valence-corrected chi connectivity index (χ4v) is 3.83. The summed E-state index contributed by atoms with van der Waals surface area (Å²) < 4.78 is 175. The van der Waals surface area contributed by atoms with E-state index in [4.69, 9.17) is 12.2 Å². The number of ether oxygens (including phenoxy) is 1. The maximum absolute atomic E-state index is 13.7. The summed E-state index contributed by atoms with van der Waals surface area (Å²) in [5.41, 5.74) is 0. The Hall–Kier alpha value is -1.30. The summed E-state index contributed by atoms with van der Waals surface area (Å²) >= 11 is 4.92. The standard InChI is InChI=1S/C24H38F13N3OS/c1-4-5-6-7-8-9-10-11-14-40(2,3)15-13-38-18(42)39-17-41-16-12-19(25,26)20(27,28)21(29,30)22(31,32)23(33,34)24(35,36)37/h4-17H2,1-3H3,(H-,38,39,42)/p+1. The van der Waals surface area contributed by atoms with Gasteiger partial charge in [-0.15, -0.1) is 0 Å². The summed E-state index contributed by atoms with van der Waals surface area (Å²) in [6.07, 6.45) is -0.493. The molecular weight excluding hydrogens is 625 g/mol. The summed E-state index contributed by atoms with van der Waals surface area (Å²) in [7, 11) is 4.00. The van der Waals surface area contributed by atoms with Crippen LogP contribution in [0.3, 0.4) is 0 Å². The molecule has 0 bridgehead atoms. The molecule has 0 radical (unpaired) electrons. The van der Waals surface area contributed by atoms with Gasteiger partial charge in [0.2, 0.25) is 0 Å². The number of hydrogen-bond donors (Lipinski definition) is 2. The third-order valence-electron chi connectivity index (χ3n) is 6.51. The van der Waals surface area contributed by atoms with Gasteiger partial charge in [-0.3, -0.25) is 0 Å². The summed E-state index contributed by atoms with van der Waals surface area (Å²) in [5, 5.41) is 5.05. The van der Waals surface area contributed by atoms with Crippen LogP contribution in [-0.2, 0) is 4.74 Å². The molecule has 4 nitrogen and oxygen atoms in total. The Labute approximate surface area is 242 Å². The van der Waals surface area contributed by atoms with Crippen LogP contribution in [-0.4, -0.2) is 92.5 Å². The van der Waals surface area contributed by atoms with E-state index in [1.54, 1.807) is 0 Å². The highest BCUT2D eigenvalue weighted by Crippen LogP contribution is 2.60. The van der Waals surface area contributed by atoms with Crippen molar-refractivity contribution in [1.82, 2.24) is 10.6 Å². The molecule has 0 aliphatic rings. The maximum Gasteiger partial charge on any atom is 0.460 e. The van der Waals surface area contributed by atoms with Gasteiger partial charge < -0.3 is 19.9 Å². The van der Waals surface area contributed by atoms with Gasteiger partial charge in [0.05, 0.1) is 40.3 Å². The monoisotopic (exact) mass is 664 g/mol. The fourth-order valence-electron chi connectivity index (χ4n) is 3.67. The lowest BCUT2D eigenvalue weighted by Crippen LogP contribution is -2.70. The molecule has 0 spiro atoms. The normalized spacial score (nSPS) is 14.3. The van der Waals surface area contributed by atoms with Crippen LogP contribution in [0.5, 0.6) is 0 Å². The minimum atomic E-state index is -7.91. The second-order valence-corrected chi connectivity index (χ2v) is 11.0. The Balaban J connectivity index is 4.57. The molecule has 2 N–H and O–H groups in total. The van der Waals surface area contributed by atoms with Crippen LogP contribution in [0.4, 0.5) is 57.1 Å². The third-order valence-corrected chi connectivity index (χ3v) is 6.80. The molecular formula is C24H39F13N3OS+. The van der Waals surface area contributed by atoms with Gasteiger partial charge in [0.15, 0.2) is 5.11 Å². The van der Waals surface area contributed by atoms with Gasteiger partial charge in [-0.1, -0.05) is 45.4 Å². The predicted octanol–water partition coefficient (Wildman–Crippen LogP) is 7.77. The molecule has 0 unspecified atom stereocenters. The Kier molecular flexibility index (Phi) is 15.6. The van der Waals surface area contributed by atoms with Gasteiger partial charge in [-0.05, 0) is 25.1 Å². The van der Waals surface area contributed by atoms with Crippen molar-refractivity contribution < 1.29 is 66.3 Å². The molecule has 0 saturated heterocycles. The minimum absolute atomic E-state index is 0.0558. The minimum Gasteiger partial charge on any atom is -0.361 e. The average molecular weight is 665 g/mol. The van der Waals surface area contributed by atoms with Gasteiger partial charge in [0.1, 0.15) is 6.73 Å². The van der Waals surface area contributed by atoms with Crippen molar-refractivity contribution in [3.63, 3.8) is 0 Å². The molecule has 18 heteroatoms. The van der Waals surface area contributed by atoms with E-state index in [1.165, 1.54) is 32.1 Å². The smallest absolute Gasteiger partial charge is 0.361 e. The summed E-state index contributed by atoms with van der Waals surface area (Å²) in [6, 6.07) is 0. The molecule has 0 atom stereocenters. The third kappa shape index (κ3) is 11.0. The quantitative estimate of drug-likeness (QED) is 0.0432. The first-order valence-electron chi connectivity index (χ1n) is 13.3. The Morgan fingerprint density at radius 1 is 0.643 bits per heavy atom. The number of hydrogen-bond acceptors (Lipinski definition) is 2. The lowest BCUT2D eigenvalue weighted by atomic mass is 9.93. The van der Waals surface area contributed by atoms with Gasteiger partial charge >= 0.3 is 35.8 Å². The molecule has 42 heavy (non-hydrogen) atoms. The molecule has 0 fully saturated rings. The Bertz CT molecular complexity index is 809. The highest BCUT2D eigenvalue weighted by Gasteiger charge is 2.90. The van der Waals surface area contributed by atoms with E-state index < -0.39 is 55.5 Å². The largest absolute Gasteiger partial charge is 0.460 e. The second kappa shape index (κ2) is 16.1. The van der Waals surface area contributed by atoms with E-state index >= 15 is 0 Å². The number of rotatable bonds is 21.